The summed E-state index contributed by atoms with van der Waals surface area (Å²) in [6.07, 6.45) is -28.9. The molecule has 0 amide bonds. The summed E-state index contributed by atoms with van der Waals surface area (Å²) < 4.78 is 242. The molecule has 27 heteroatoms. The fourth-order valence-corrected chi connectivity index (χ4v) is 4.92. The molecule has 0 atom stereocenters. The summed E-state index contributed by atoms with van der Waals surface area (Å²) in [5, 5.41) is 1.88. The second kappa shape index (κ2) is 17.9. The zero-order valence-corrected chi connectivity index (χ0v) is 30.1. The number of benzene rings is 2. The Balaban J connectivity index is 0.000000327. The van der Waals surface area contributed by atoms with Gasteiger partial charge in [0.1, 0.15) is 6.73 Å². The molecule has 4 aromatic rings. The summed E-state index contributed by atoms with van der Waals surface area (Å²) in [5.74, 6) is -1.88. The number of allylic oxidation sites excluding steroid dienone is 2. The number of ether oxygens (including phenoxy) is 1. The Labute approximate surface area is 328 Å². The van der Waals surface area contributed by atoms with E-state index in [0.717, 1.165) is 19.3 Å². The van der Waals surface area contributed by atoms with Gasteiger partial charge in [0.15, 0.2) is 11.4 Å². The second-order valence-corrected chi connectivity index (χ2v) is 11.8. The van der Waals surface area contributed by atoms with Crippen LogP contribution in [-0.2, 0) is 54.9 Å². The van der Waals surface area contributed by atoms with Crippen LogP contribution < -0.4 is 21.3 Å². The van der Waals surface area contributed by atoms with Crippen LogP contribution in [0.4, 0.5) is 102 Å². The second-order valence-electron chi connectivity index (χ2n) is 11.8. The number of methoxy groups -OCH3 is 1. The molecule has 0 bridgehead atoms. The maximum absolute atomic E-state index is 13.6. The van der Waals surface area contributed by atoms with E-state index in [9.17, 15) is 88.6 Å². The number of halogens is 18. The SMILES string of the molecule is C=CCn1c(N(COC)c2ccc(C(F)(F)F)cc2C(F)(F)F)nc(C(F)(F)F)cc1=O.C=CCn1c(Nc2ccc(C(F)(F)F)cc2C(F)(F)F)nc(C(F)(F)F)cc1=O. The van der Waals surface area contributed by atoms with Crippen molar-refractivity contribution in [2.75, 3.05) is 24.1 Å². The fourth-order valence-electron chi connectivity index (χ4n) is 4.92. The molecule has 0 saturated heterocycles. The molecule has 0 aliphatic carbocycles. The van der Waals surface area contributed by atoms with Crippen molar-refractivity contribution >= 4 is 23.3 Å². The predicted octanol–water partition coefficient (Wildman–Crippen LogP) is 10.5. The molecule has 1 N–H and O–H groups in total. The fraction of sp³-hybridized carbons (Fsp3) is 0.294. The monoisotopic (exact) mass is 906 g/mol. The molecule has 2 heterocycles. The number of hydrogen-bond donors (Lipinski definition) is 1. The Morgan fingerprint density at radius 2 is 1.05 bits per heavy atom. The summed E-state index contributed by atoms with van der Waals surface area (Å²) in [6.45, 7) is 4.83. The Hall–Kier alpha value is -6.02. The maximum Gasteiger partial charge on any atom is 0.433 e. The van der Waals surface area contributed by atoms with Crippen LogP contribution in [0, 0.1) is 0 Å². The van der Waals surface area contributed by atoms with E-state index in [-0.39, 0.29) is 24.3 Å². The minimum atomic E-state index is -5.34. The smallest absolute Gasteiger partial charge is 0.364 e. The lowest BCUT2D eigenvalue weighted by Gasteiger charge is -2.29. The molecule has 0 radical (unpaired) electrons. The first kappa shape index (κ1) is 49.3. The van der Waals surface area contributed by atoms with Crippen LogP contribution in [0.1, 0.15) is 33.6 Å². The predicted molar refractivity (Wildman–Crippen MR) is 178 cm³/mol. The first-order chi connectivity index (χ1) is 27.7. The van der Waals surface area contributed by atoms with Crippen molar-refractivity contribution in [1.29, 1.82) is 0 Å². The molecule has 334 valence electrons. The molecule has 4 rings (SSSR count). The van der Waals surface area contributed by atoms with Gasteiger partial charge in [-0.05, 0) is 36.4 Å². The Kier molecular flexibility index (Phi) is 14.5. The molecule has 2 aromatic carbocycles. The minimum absolute atomic E-state index is 0.131. The van der Waals surface area contributed by atoms with Gasteiger partial charge < -0.3 is 10.1 Å². The van der Waals surface area contributed by atoms with Crippen molar-refractivity contribution in [1.82, 2.24) is 19.1 Å². The highest BCUT2D eigenvalue weighted by atomic mass is 19.4. The summed E-state index contributed by atoms with van der Waals surface area (Å²) in [6, 6.07) is 1.29. The molecular weight excluding hydrogens is 882 g/mol. The van der Waals surface area contributed by atoms with Crippen LogP contribution in [0.25, 0.3) is 0 Å². The van der Waals surface area contributed by atoms with Gasteiger partial charge in [-0.15, -0.1) is 13.2 Å². The highest BCUT2D eigenvalue weighted by molar-refractivity contribution is 5.64. The maximum atomic E-state index is 13.6. The summed E-state index contributed by atoms with van der Waals surface area (Å²) in [4.78, 5) is 30.9. The van der Waals surface area contributed by atoms with E-state index in [1.54, 1.807) is 0 Å². The highest BCUT2D eigenvalue weighted by Crippen LogP contribution is 2.43. The van der Waals surface area contributed by atoms with Gasteiger partial charge in [0.05, 0.1) is 33.6 Å². The normalized spacial score (nSPS) is 12.7. The van der Waals surface area contributed by atoms with Crippen molar-refractivity contribution < 1.29 is 83.8 Å². The molecule has 0 unspecified atom stereocenters. The van der Waals surface area contributed by atoms with Gasteiger partial charge in [0.25, 0.3) is 11.1 Å². The van der Waals surface area contributed by atoms with E-state index in [1.807, 2.05) is 5.32 Å². The third-order valence-electron chi connectivity index (χ3n) is 7.52. The van der Waals surface area contributed by atoms with Gasteiger partial charge >= 0.3 is 37.1 Å². The van der Waals surface area contributed by atoms with Crippen LogP contribution in [0.15, 0.2) is 83.4 Å². The number of anilines is 4. The molecule has 0 aliphatic heterocycles. The zero-order chi connectivity index (χ0) is 46.7. The molecule has 61 heavy (non-hydrogen) atoms. The molecule has 0 fully saturated rings. The van der Waals surface area contributed by atoms with Crippen LogP contribution in [-0.4, -0.2) is 32.9 Å². The van der Waals surface area contributed by atoms with Gasteiger partial charge in [-0.2, -0.15) is 79.0 Å². The van der Waals surface area contributed by atoms with E-state index in [0.29, 0.717) is 38.3 Å². The topological polar surface area (TPSA) is 94.3 Å². The Bertz CT molecular complexity index is 2340. The molecular formula is C34H24F18N6O3. The van der Waals surface area contributed by atoms with Crippen LogP contribution >= 0.6 is 0 Å². The summed E-state index contributed by atoms with van der Waals surface area (Å²) in [7, 11) is 0.980. The third-order valence-corrected chi connectivity index (χ3v) is 7.52. The lowest BCUT2D eigenvalue weighted by atomic mass is 10.1. The lowest BCUT2D eigenvalue weighted by Crippen LogP contribution is -2.34. The third kappa shape index (κ3) is 12.3. The van der Waals surface area contributed by atoms with Crippen LogP contribution in [0.2, 0.25) is 0 Å². The zero-order valence-electron chi connectivity index (χ0n) is 30.1. The number of aromatic nitrogens is 4. The average Bonchev–Trinajstić information content (AvgIpc) is 3.10. The van der Waals surface area contributed by atoms with Crippen LogP contribution in [0.3, 0.4) is 0 Å². The van der Waals surface area contributed by atoms with E-state index in [1.165, 1.54) is 0 Å². The van der Waals surface area contributed by atoms with E-state index < -0.39 is 125 Å². The first-order valence-corrected chi connectivity index (χ1v) is 16.0. The quantitative estimate of drug-likeness (QED) is 0.0962. The Morgan fingerprint density at radius 1 is 0.607 bits per heavy atom. The standard InChI is InChI=1S/C18H14F9N3O2.C16H10F9N3O/c1-3-6-29-14(31)8-13(18(25,26)27)28-15(29)30(9-32-2)12-5-4-10(16(19,20)21)7-11(12)17(22,23)24;1-2-5-28-12(29)7-11(16(23,24)25)27-13(28)26-10-4-3-8(14(17,18)19)6-9(10)15(20,21)22/h3-5,7-8H,1,6,9H2,2H3;2-4,6-7H,1,5H2,(H,26,27). The van der Waals surface area contributed by atoms with Gasteiger partial charge in [0, 0.05) is 32.3 Å². The first-order valence-electron chi connectivity index (χ1n) is 16.0. The van der Waals surface area contributed by atoms with E-state index in [4.69, 9.17) is 4.74 Å². The Morgan fingerprint density at radius 3 is 1.49 bits per heavy atom. The molecule has 2 aromatic heterocycles. The number of nitrogens with one attached hydrogen (secondary N) is 1. The average molecular weight is 907 g/mol. The number of rotatable bonds is 10. The molecule has 0 spiro atoms. The largest absolute Gasteiger partial charge is 0.433 e. The van der Waals surface area contributed by atoms with Crippen molar-refractivity contribution in [3.63, 3.8) is 0 Å². The van der Waals surface area contributed by atoms with Crippen molar-refractivity contribution in [2.45, 2.75) is 50.1 Å². The molecule has 0 saturated carbocycles. The van der Waals surface area contributed by atoms with Crippen molar-refractivity contribution in [2.24, 2.45) is 0 Å². The van der Waals surface area contributed by atoms with E-state index in [2.05, 4.69) is 23.1 Å². The van der Waals surface area contributed by atoms with Gasteiger partial charge in [-0.25, -0.2) is 9.97 Å². The summed E-state index contributed by atoms with van der Waals surface area (Å²) in [5.41, 5.74) is -14.8. The van der Waals surface area contributed by atoms with Crippen molar-refractivity contribution in [3.8, 4) is 0 Å². The highest BCUT2D eigenvalue weighted by Gasteiger charge is 2.42. The molecule has 9 nitrogen and oxygen atoms in total. The number of nitrogens with zero attached hydrogens (tertiary/aromatic N) is 5. The van der Waals surface area contributed by atoms with Gasteiger partial charge in [0.2, 0.25) is 11.9 Å². The lowest BCUT2D eigenvalue weighted by molar-refractivity contribution is -0.144. The summed E-state index contributed by atoms with van der Waals surface area (Å²) >= 11 is 0. The van der Waals surface area contributed by atoms with E-state index >= 15 is 0 Å². The van der Waals surface area contributed by atoms with Crippen molar-refractivity contribution in [3.05, 3.63) is 128 Å². The van der Waals surface area contributed by atoms with Crippen LogP contribution in [0.5, 0.6) is 0 Å². The minimum Gasteiger partial charge on any atom is -0.364 e. The number of hydrogen-bond acceptors (Lipinski definition) is 7. The van der Waals surface area contributed by atoms with Gasteiger partial charge in [-0.3, -0.25) is 23.6 Å². The number of alkyl halides is 18. The van der Waals surface area contributed by atoms with Gasteiger partial charge in [-0.1, -0.05) is 12.2 Å². The molecule has 0 aliphatic rings.